The van der Waals surface area contributed by atoms with Gasteiger partial charge in [-0.05, 0) is 18.2 Å². The van der Waals surface area contributed by atoms with Crippen LogP contribution in [0.15, 0.2) is 30.3 Å². The van der Waals surface area contributed by atoms with E-state index >= 15 is 0 Å². The molecule has 0 atom stereocenters. The number of aliphatic hydroxyl groups is 1. The SMILES string of the molecule is O=C(O)CNCCNc1ccc2c3c(nn2CCNCCO)-c2cccc(O)c2C(=O)c13. The Morgan fingerprint density at radius 2 is 1.88 bits per heavy atom. The van der Waals surface area contributed by atoms with Crippen LogP contribution in [0.5, 0.6) is 5.75 Å². The minimum Gasteiger partial charge on any atom is -0.507 e. The molecule has 10 heteroatoms. The normalized spacial score (nSPS) is 12.2. The summed E-state index contributed by atoms with van der Waals surface area (Å²) >= 11 is 0. The molecule has 1 aliphatic rings. The topological polar surface area (TPSA) is 149 Å². The summed E-state index contributed by atoms with van der Waals surface area (Å²) in [6.07, 6.45) is 0. The number of rotatable bonds is 11. The van der Waals surface area contributed by atoms with Gasteiger partial charge in [-0.2, -0.15) is 5.10 Å². The second-order valence-electron chi connectivity index (χ2n) is 7.45. The molecule has 3 aromatic rings. The average molecular weight is 439 g/mol. The van der Waals surface area contributed by atoms with Crippen molar-refractivity contribution in [2.75, 3.05) is 44.6 Å². The number of benzene rings is 2. The molecule has 0 fully saturated rings. The fourth-order valence-electron chi connectivity index (χ4n) is 3.98. The summed E-state index contributed by atoms with van der Waals surface area (Å²) in [7, 11) is 0. The number of aromatic hydroxyl groups is 1. The molecule has 168 valence electrons. The average Bonchev–Trinajstić information content (AvgIpc) is 3.14. The number of anilines is 1. The Balaban J connectivity index is 1.72. The van der Waals surface area contributed by atoms with Crippen LogP contribution in [0.4, 0.5) is 5.69 Å². The second kappa shape index (κ2) is 9.35. The van der Waals surface area contributed by atoms with Crippen molar-refractivity contribution in [2.45, 2.75) is 6.54 Å². The van der Waals surface area contributed by atoms with E-state index in [2.05, 4.69) is 16.0 Å². The molecule has 32 heavy (non-hydrogen) atoms. The molecule has 4 rings (SSSR count). The smallest absolute Gasteiger partial charge is 0.317 e. The molecule has 0 saturated heterocycles. The first-order valence-electron chi connectivity index (χ1n) is 10.4. The number of nitrogens with zero attached hydrogens (tertiary/aromatic N) is 2. The zero-order valence-electron chi connectivity index (χ0n) is 17.4. The minimum atomic E-state index is -0.936. The van der Waals surface area contributed by atoms with Crippen LogP contribution in [-0.4, -0.2) is 76.2 Å². The summed E-state index contributed by atoms with van der Waals surface area (Å²) in [4.78, 5) is 24.1. The first-order valence-corrected chi connectivity index (χ1v) is 10.4. The summed E-state index contributed by atoms with van der Waals surface area (Å²) in [5.74, 6) is -1.31. The number of carboxylic acids is 1. The molecule has 0 saturated carbocycles. The third kappa shape index (κ3) is 4.03. The molecular formula is C22H25N5O5. The van der Waals surface area contributed by atoms with Crippen molar-refractivity contribution in [3.8, 4) is 17.0 Å². The van der Waals surface area contributed by atoms with Crippen LogP contribution in [0, 0.1) is 0 Å². The minimum absolute atomic E-state index is 0.0484. The van der Waals surface area contributed by atoms with Gasteiger partial charge in [-0.3, -0.25) is 14.3 Å². The lowest BCUT2D eigenvalue weighted by atomic mass is 9.86. The summed E-state index contributed by atoms with van der Waals surface area (Å²) < 4.78 is 1.82. The third-order valence-electron chi connectivity index (χ3n) is 5.35. The molecule has 0 radical (unpaired) electrons. The molecule has 1 aliphatic carbocycles. The van der Waals surface area contributed by atoms with Crippen LogP contribution >= 0.6 is 0 Å². The molecule has 1 aromatic heterocycles. The summed E-state index contributed by atoms with van der Waals surface area (Å²) in [6.45, 7) is 2.36. The van der Waals surface area contributed by atoms with Gasteiger partial charge >= 0.3 is 5.97 Å². The van der Waals surface area contributed by atoms with Crippen LogP contribution in [0.25, 0.3) is 22.2 Å². The van der Waals surface area contributed by atoms with E-state index in [9.17, 15) is 14.7 Å². The number of aliphatic carboxylic acids is 1. The molecule has 6 N–H and O–H groups in total. The number of phenolic OH excluding ortho intramolecular Hbond substituents is 1. The monoisotopic (exact) mass is 439 g/mol. The number of nitrogens with one attached hydrogen (secondary N) is 3. The van der Waals surface area contributed by atoms with Gasteiger partial charge in [0.1, 0.15) is 11.4 Å². The van der Waals surface area contributed by atoms with Crippen LogP contribution in [-0.2, 0) is 11.3 Å². The summed E-state index contributed by atoms with van der Waals surface area (Å²) in [5.41, 5.74) is 3.30. The van der Waals surface area contributed by atoms with Crippen molar-refractivity contribution < 1.29 is 24.9 Å². The highest BCUT2D eigenvalue weighted by atomic mass is 16.4. The molecular weight excluding hydrogens is 414 g/mol. The Labute approximate surface area is 183 Å². The Bertz CT molecular complexity index is 1170. The number of carbonyl (C=O) groups excluding carboxylic acids is 1. The van der Waals surface area contributed by atoms with Gasteiger partial charge in [-0.15, -0.1) is 0 Å². The van der Waals surface area contributed by atoms with Gasteiger partial charge in [0.05, 0.1) is 36.3 Å². The number of ketones is 1. The van der Waals surface area contributed by atoms with E-state index in [4.69, 9.17) is 15.3 Å². The predicted molar refractivity (Wildman–Crippen MR) is 119 cm³/mol. The molecule has 1 heterocycles. The van der Waals surface area contributed by atoms with E-state index in [1.807, 2.05) is 10.7 Å². The molecule has 0 unspecified atom stereocenters. The largest absolute Gasteiger partial charge is 0.507 e. The van der Waals surface area contributed by atoms with Gasteiger partial charge in [-0.25, -0.2) is 0 Å². The van der Waals surface area contributed by atoms with Crippen molar-refractivity contribution >= 4 is 28.3 Å². The van der Waals surface area contributed by atoms with Gasteiger partial charge in [0, 0.05) is 42.8 Å². The van der Waals surface area contributed by atoms with E-state index in [-0.39, 0.29) is 30.2 Å². The lowest BCUT2D eigenvalue weighted by molar-refractivity contribution is -0.135. The number of fused-ring (bicyclic) bond motifs is 2. The Kier molecular flexibility index (Phi) is 6.35. The van der Waals surface area contributed by atoms with Crippen molar-refractivity contribution in [1.82, 2.24) is 20.4 Å². The highest BCUT2D eigenvalue weighted by Crippen LogP contribution is 2.44. The summed E-state index contributed by atoms with van der Waals surface area (Å²) in [5, 5.41) is 42.7. The lowest BCUT2D eigenvalue weighted by Crippen LogP contribution is -2.28. The molecule has 2 aromatic carbocycles. The van der Waals surface area contributed by atoms with Crippen molar-refractivity contribution in [2.24, 2.45) is 0 Å². The Morgan fingerprint density at radius 3 is 2.66 bits per heavy atom. The Morgan fingerprint density at radius 1 is 1.03 bits per heavy atom. The first-order chi connectivity index (χ1) is 15.5. The van der Waals surface area contributed by atoms with Gasteiger partial charge in [0.2, 0.25) is 0 Å². The fraction of sp³-hybridized carbons (Fsp3) is 0.318. The van der Waals surface area contributed by atoms with Gasteiger partial charge in [0.25, 0.3) is 0 Å². The summed E-state index contributed by atoms with van der Waals surface area (Å²) in [6, 6.07) is 8.66. The van der Waals surface area contributed by atoms with Crippen molar-refractivity contribution in [1.29, 1.82) is 0 Å². The number of aliphatic hydroxyl groups excluding tert-OH is 1. The highest BCUT2D eigenvalue weighted by Gasteiger charge is 2.32. The van der Waals surface area contributed by atoms with Crippen LogP contribution in [0.2, 0.25) is 0 Å². The van der Waals surface area contributed by atoms with E-state index in [1.54, 1.807) is 18.2 Å². The molecule has 0 spiro atoms. The number of aromatic nitrogens is 2. The fourth-order valence-corrected chi connectivity index (χ4v) is 3.98. The first kappa shape index (κ1) is 21.8. The van der Waals surface area contributed by atoms with Gasteiger partial charge < -0.3 is 31.3 Å². The van der Waals surface area contributed by atoms with E-state index in [1.165, 1.54) is 6.07 Å². The van der Waals surface area contributed by atoms with Gasteiger partial charge in [-0.1, -0.05) is 12.1 Å². The van der Waals surface area contributed by atoms with Gasteiger partial charge in [0.15, 0.2) is 5.78 Å². The number of hydrogen-bond donors (Lipinski definition) is 6. The number of carboxylic acid groups (broad SMARTS) is 1. The number of hydrogen-bond acceptors (Lipinski definition) is 8. The van der Waals surface area contributed by atoms with Crippen LogP contribution in [0.3, 0.4) is 0 Å². The predicted octanol–water partition coefficient (Wildman–Crippen LogP) is 0.621. The molecule has 10 nitrogen and oxygen atoms in total. The van der Waals surface area contributed by atoms with Crippen molar-refractivity contribution in [3.05, 3.63) is 41.5 Å². The van der Waals surface area contributed by atoms with Crippen molar-refractivity contribution in [3.63, 3.8) is 0 Å². The molecule has 0 aliphatic heterocycles. The Hall–Kier alpha value is -3.47. The zero-order valence-corrected chi connectivity index (χ0v) is 17.4. The standard InChI is InChI=1S/C22H25N5O5/c28-11-9-23-8-10-27-15-5-4-14(25-7-6-24-12-17(30)31)19-20(15)21(26-27)13-2-1-3-16(29)18(13)22(19)32/h1-5,23-25,28-29H,6-12H2,(H,30,31). The number of carbonyl (C=O) groups is 2. The lowest BCUT2D eigenvalue weighted by Gasteiger charge is -2.19. The van der Waals surface area contributed by atoms with E-state index in [0.29, 0.717) is 55.2 Å². The molecule has 0 amide bonds. The maximum Gasteiger partial charge on any atom is 0.317 e. The zero-order chi connectivity index (χ0) is 22.7. The van der Waals surface area contributed by atoms with Crippen LogP contribution < -0.4 is 16.0 Å². The third-order valence-corrected chi connectivity index (χ3v) is 5.35. The quantitative estimate of drug-likeness (QED) is 0.185. The second-order valence-corrected chi connectivity index (χ2v) is 7.45. The maximum atomic E-state index is 13.5. The maximum absolute atomic E-state index is 13.5. The van der Waals surface area contributed by atoms with E-state index in [0.717, 1.165) is 10.9 Å². The van der Waals surface area contributed by atoms with Crippen LogP contribution in [0.1, 0.15) is 15.9 Å². The molecule has 0 bridgehead atoms. The number of phenols is 1. The highest BCUT2D eigenvalue weighted by molar-refractivity contribution is 6.28. The van der Waals surface area contributed by atoms with E-state index < -0.39 is 5.97 Å².